The minimum Gasteiger partial charge on any atom is -0.335 e. The Labute approximate surface area is 150 Å². The molecule has 1 heterocycles. The average molecular weight is 353 g/mol. The van der Waals surface area contributed by atoms with E-state index in [9.17, 15) is 14.4 Å². The van der Waals surface area contributed by atoms with Crippen LogP contribution in [-0.2, 0) is 9.59 Å². The van der Waals surface area contributed by atoms with Gasteiger partial charge in [-0.05, 0) is 20.3 Å². The number of nitrogens with one attached hydrogen (secondary N) is 2. The molecule has 0 unspecified atom stereocenters. The summed E-state index contributed by atoms with van der Waals surface area (Å²) in [6, 6.07) is -0.610. The van der Waals surface area contributed by atoms with E-state index in [1.165, 1.54) is 11.1 Å². The molecule has 1 aliphatic heterocycles. The van der Waals surface area contributed by atoms with Gasteiger partial charge in [-0.3, -0.25) is 24.8 Å². The van der Waals surface area contributed by atoms with Gasteiger partial charge in [0.25, 0.3) is 0 Å². The summed E-state index contributed by atoms with van der Waals surface area (Å²) in [5.41, 5.74) is 0. The fourth-order valence-corrected chi connectivity index (χ4v) is 2.87. The van der Waals surface area contributed by atoms with E-state index in [0.717, 1.165) is 56.6 Å². The van der Waals surface area contributed by atoms with Crippen molar-refractivity contribution in [3.63, 3.8) is 0 Å². The number of quaternary nitrogens is 1. The minimum atomic E-state index is -0.982. The lowest BCUT2D eigenvalue weighted by atomic mass is 10.1. The lowest BCUT2D eigenvalue weighted by Gasteiger charge is -2.28. The Bertz CT molecular complexity index is 475. The number of imide groups is 2. The highest BCUT2D eigenvalue weighted by Gasteiger charge is 2.38. The van der Waals surface area contributed by atoms with Crippen LogP contribution in [0.25, 0.3) is 0 Å². The molecule has 1 atom stereocenters. The molecule has 0 spiro atoms. The SMILES string of the molecule is CCCCCCN1C(=O)NC(=O)[C@@H](C=NCCC[NH+](CC)CC)C1=O. The summed E-state index contributed by atoms with van der Waals surface area (Å²) >= 11 is 0. The Hall–Kier alpha value is -1.76. The Morgan fingerprint density at radius 2 is 1.80 bits per heavy atom. The third kappa shape index (κ3) is 6.94. The van der Waals surface area contributed by atoms with Crippen LogP contribution in [0.4, 0.5) is 4.79 Å². The van der Waals surface area contributed by atoms with Crippen molar-refractivity contribution in [2.75, 3.05) is 32.7 Å². The van der Waals surface area contributed by atoms with E-state index in [4.69, 9.17) is 0 Å². The van der Waals surface area contributed by atoms with Crippen LogP contribution < -0.4 is 10.2 Å². The lowest BCUT2D eigenvalue weighted by Crippen LogP contribution is -3.11. The van der Waals surface area contributed by atoms with Crippen LogP contribution in [0.5, 0.6) is 0 Å². The topological polar surface area (TPSA) is 83.3 Å². The summed E-state index contributed by atoms with van der Waals surface area (Å²) in [4.78, 5) is 43.1. The van der Waals surface area contributed by atoms with Crippen molar-refractivity contribution in [2.24, 2.45) is 10.9 Å². The lowest BCUT2D eigenvalue weighted by molar-refractivity contribution is -0.896. The van der Waals surface area contributed by atoms with Gasteiger partial charge in [-0.1, -0.05) is 26.2 Å². The van der Waals surface area contributed by atoms with Crippen molar-refractivity contribution < 1.29 is 19.3 Å². The molecular formula is C18H33N4O3+. The number of aliphatic imine (C=N–C) groups is 1. The molecule has 0 aliphatic carbocycles. The second kappa shape index (κ2) is 11.7. The summed E-state index contributed by atoms with van der Waals surface area (Å²) in [5, 5.41) is 2.26. The van der Waals surface area contributed by atoms with Crippen molar-refractivity contribution in [2.45, 2.75) is 52.9 Å². The van der Waals surface area contributed by atoms with Gasteiger partial charge in [0.05, 0.1) is 19.6 Å². The molecule has 25 heavy (non-hydrogen) atoms. The zero-order chi connectivity index (χ0) is 18.7. The number of rotatable bonds is 12. The minimum absolute atomic E-state index is 0.355. The first-order valence-electron chi connectivity index (χ1n) is 9.54. The third-order valence-electron chi connectivity index (χ3n) is 4.60. The van der Waals surface area contributed by atoms with Crippen LogP contribution in [-0.4, -0.2) is 61.7 Å². The molecule has 7 heteroatoms. The highest BCUT2D eigenvalue weighted by Crippen LogP contribution is 2.11. The fraction of sp³-hybridized carbons (Fsp3) is 0.778. The fourth-order valence-electron chi connectivity index (χ4n) is 2.87. The summed E-state index contributed by atoms with van der Waals surface area (Å²) in [6.07, 6.45) is 6.20. The molecule has 1 aliphatic rings. The van der Waals surface area contributed by atoms with E-state index in [0.29, 0.717) is 13.1 Å². The first-order valence-corrected chi connectivity index (χ1v) is 9.54. The van der Waals surface area contributed by atoms with Gasteiger partial charge in [-0.2, -0.15) is 0 Å². The summed E-state index contributed by atoms with van der Waals surface area (Å²) in [7, 11) is 0. The van der Waals surface area contributed by atoms with Crippen molar-refractivity contribution in [3.8, 4) is 0 Å². The largest absolute Gasteiger partial charge is 0.335 e. The first-order chi connectivity index (χ1) is 12.0. The summed E-state index contributed by atoms with van der Waals surface area (Å²) < 4.78 is 0. The zero-order valence-corrected chi connectivity index (χ0v) is 15.8. The molecule has 7 nitrogen and oxygen atoms in total. The van der Waals surface area contributed by atoms with Gasteiger partial charge in [-0.15, -0.1) is 0 Å². The van der Waals surface area contributed by atoms with Gasteiger partial charge in [0.15, 0.2) is 5.92 Å². The number of urea groups is 1. The van der Waals surface area contributed by atoms with Crippen molar-refractivity contribution in [3.05, 3.63) is 0 Å². The van der Waals surface area contributed by atoms with Crippen LogP contribution in [0.2, 0.25) is 0 Å². The molecule has 1 fully saturated rings. The summed E-state index contributed by atoms with van der Waals surface area (Å²) in [5.74, 6) is -2.01. The van der Waals surface area contributed by atoms with Crippen molar-refractivity contribution in [1.82, 2.24) is 10.2 Å². The number of hydrogen-bond acceptors (Lipinski definition) is 4. The molecule has 0 aromatic carbocycles. The maximum atomic E-state index is 12.4. The second-order valence-electron chi connectivity index (χ2n) is 6.44. The molecule has 0 radical (unpaired) electrons. The second-order valence-corrected chi connectivity index (χ2v) is 6.44. The predicted octanol–water partition coefficient (Wildman–Crippen LogP) is 0.647. The Balaban J connectivity index is 2.50. The zero-order valence-electron chi connectivity index (χ0n) is 15.8. The molecule has 142 valence electrons. The van der Waals surface area contributed by atoms with E-state index >= 15 is 0 Å². The van der Waals surface area contributed by atoms with Gasteiger partial charge < -0.3 is 4.90 Å². The molecule has 0 saturated carbocycles. The predicted molar refractivity (Wildman–Crippen MR) is 97.8 cm³/mol. The Kier molecular flexibility index (Phi) is 9.99. The Morgan fingerprint density at radius 1 is 1.08 bits per heavy atom. The van der Waals surface area contributed by atoms with Crippen LogP contribution in [0.3, 0.4) is 0 Å². The molecule has 1 rings (SSSR count). The van der Waals surface area contributed by atoms with E-state index in [1.807, 2.05) is 0 Å². The smallest absolute Gasteiger partial charge is 0.330 e. The highest BCUT2D eigenvalue weighted by atomic mass is 16.2. The average Bonchev–Trinajstić information content (AvgIpc) is 2.59. The van der Waals surface area contributed by atoms with E-state index in [2.05, 4.69) is 31.1 Å². The van der Waals surface area contributed by atoms with Gasteiger partial charge in [0, 0.05) is 25.7 Å². The van der Waals surface area contributed by atoms with E-state index in [1.54, 1.807) is 0 Å². The number of hydrogen-bond donors (Lipinski definition) is 2. The van der Waals surface area contributed by atoms with Gasteiger partial charge in [0.1, 0.15) is 0 Å². The molecule has 0 aromatic heterocycles. The van der Waals surface area contributed by atoms with Crippen LogP contribution in [0, 0.1) is 5.92 Å². The van der Waals surface area contributed by atoms with E-state index in [-0.39, 0.29) is 0 Å². The molecule has 0 aromatic rings. The first kappa shape index (κ1) is 21.3. The van der Waals surface area contributed by atoms with E-state index < -0.39 is 23.8 Å². The standard InChI is InChI=1S/C18H32N4O3/c1-4-7-8-9-13-22-17(24)15(16(23)20-18(22)25)14-19-11-10-12-21(5-2)6-3/h14-15H,4-13H2,1-3H3,(H,20,23,25)/p+1/t15-/m1/s1. The van der Waals surface area contributed by atoms with Crippen LogP contribution in [0.1, 0.15) is 52.9 Å². The van der Waals surface area contributed by atoms with Crippen LogP contribution in [0.15, 0.2) is 4.99 Å². The molecule has 2 N–H and O–H groups in total. The third-order valence-corrected chi connectivity index (χ3v) is 4.60. The maximum absolute atomic E-state index is 12.4. The van der Waals surface area contributed by atoms with Gasteiger partial charge >= 0.3 is 6.03 Å². The number of carbonyl (C=O) groups is 3. The number of barbiturate groups is 1. The number of unbranched alkanes of at least 4 members (excludes halogenated alkanes) is 3. The van der Waals surface area contributed by atoms with Gasteiger partial charge in [0.2, 0.25) is 11.8 Å². The van der Waals surface area contributed by atoms with Gasteiger partial charge in [-0.25, -0.2) is 4.79 Å². The molecule has 4 amide bonds. The maximum Gasteiger partial charge on any atom is 0.330 e. The molecule has 0 bridgehead atoms. The molecular weight excluding hydrogens is 320 g/mol. The summed E-state index contributed by atoms with van der Waals surface area (Å²) in [6.45, 7) is 10.5. The quantitative estimate of drug-likeness (QED) is 0.307. The number of amides is 4. The van der Waals surface area contributed by atoms with Crippen molar-refractivity contribution >= 4 is 24.1 Å². The van der Waals surface area contributed by atoms with Crippen LogP contribution >= 0.6 is 0 Å². The Morgan fingerprint density at radius 3 is 2.44 bits per heavy atom. The molecule has 1 saturated heterocycles. The monoisotopic (exact) mass is 353 g/mol. The number of carbonyl (C=O) groups excluding carboxylic acids is 3. The highest BCUT2D eigenvalue weighted by molar-refractivity contribution is 6.23. The number of nitrogens with zero attached hydrogens (tertiary/aromatic N) is 2. The van der Waals surface area contributed by atoms with Crippen molar-refractivity contribution in [1.29, 1.82) is 0 Å². The normalized spacial score (nSPS) is 18.5.